The monoisotopic (exact) mass is 273 g/mol. The van der Waals surface area contributed by atoms with Gasteiger partial charge in [0.2, 0.25) is 5.88 Å². The summed E-state index contributed by atoms with van der Waals surface area (Å²) in [6, 6.07) is 4.42. The maximum Gasteiger partial charge on any atom is 0.237 e. The number of ether oxygens (including phenoxy) is 1. The van der Waals surface area contributed by atoms with Gasteiger partial charge in [0.15, 0.2) is 0 Å². The molecule has 0 spiro atoms. The van der Waals surface area contributed by atoms with Gasteiger partial charge in [-0.25, -0.2) is 4.98 Å². The van der Waals surface area contributed by atoms with Gasteiger partial charge in [-0.15, -0.1) is 6.42 Å². The van der Waals surface area contributed by atoms with Crippen molar-refractivity contribution in [3.8, 4) is 18.2 Å². The van der Waals surface area contributed by atoms with E-state index in [0.717, 1.165) is 38.2 Å². The average molecular weight is 273 g/mol. The molecule has 0 amide bonds. The molecule has 1 aliphatic rings. The number of rotatable bonds is 5. The van der Waals surface area contributed by atoms with Gasteiger partial charge in [0.1, 0.15) is 0 Å². The van der Waals surface area contributed by atoms with Crippen LogP contribution in [0.4, 0.5) is 5.69 Å². The lowest BCUT2D eigenvalue weighted by Gasteiger charge is -2.31. The molecule has 1 N–H and O–H groups in total. The highest BCUT2D eigenvalue weighted by Crippen LogP contribution is 2.24. The van der Waals surface area contributed by atoms with E-state index < -0.39 is 0 Å². The minimum atomic E-state index is 0.128. The number of terminal acetylenes is 1. The van der Waals surface area contributed by atoms with Gasteiger partial charge in [-0.2, -0.15) is 0 Å². The largest absolute Gasteiger partial charge is 0.473 e. The van der Waals surface area contributed by atoms with Crippen LogP contribution in [0, 0.1) is 12.3 Å². The first-order valence-corrected chi connectivity index (χ1v) is 7.23. The van der Waals surface area contributed by atoms with Crippen molar-refractivity contribution < 1.29 is 4.74 Å². The van der Waals surface area contributed by atoms with Gasteiger partial charge < -0.3 is 10.1 Å². The number of hydrogen-bond donors (Lipinski definition) is 1. The molecule has 0 saturated carbocycles. The summed E-state index contributed by atoms with van der Waals surface area (Å²) in [4.78, 5) is 6.62. The summed E-state index contributed by atoms with van der Waals surface area (Å²) in [5.41, 5.74) is 0.983. The van der Waals surface area contributed by atoms with Crippen LogP contribution in [0.1, 0.15) is 26.7 Å². The first-order chi connectivity index (χ1) is 9.69. The molecule has 0 aromatic carbocycles. The maximum atomic E-state index is 5.74. The maximum absolute atomic E-state index is 5.74. The second kappa shape index (κ2) is 7.16. The molecule has 1 aromatic heterocycles. The van der Waals surface area contributed by atoms with E-state index in [-0.39, 0.29) is 6.10 Å². The third-order valence-electron chi connectivity index (χ3n) is 3.38. The molecule has 0 unspecified atom stereocenters. The zero-order valence-corrected chi connectivity index (χ0v) is 12.3. The summed E-state index contributed by atoms with van der Waals surface area (Å²) in [7, 11) is 0. The van der Waals surface area contributed by atoms with Crippen molar-refractivity contribution in [1.29, 1.82) is 0 Å². The minimum Gasteiger partial charge on any atom is -0.473 e. The van der Waals surface area contributed by atoms with E-state index in [4.69, 9.17) is 11.2 Å². The molecule has 108 valence electrons. The Morgan fingerprint density at radius 1 is 1.50 bits per heavy atom. The fraction of sp³-hybridized carbons (Fsp3) is 0.562. The molecule has 0 atom stereocenters. The number of nitrogens with one attached hydrogen (secondary N) is 1. The molecule has 0 radical (unpaired) electrons. The molecular weight excluding hydrogens is 250 g/mol. The van der Waals surface area contributed by atoms with Gasteiger partial charge in [0, 0.05) is 25.3 Å². The fourth-order valence-electron chi connectivity index (χ4n) is 2.40. The molecule has 4 nitrogen and oxygen atoms in total. The number of hydrogen-bond acceptors (Lipinski definition) is 4. The standard InChI is InChI=1S/C16H23N3O/c1-4-10-19-11-7-14(8-12-19)18-15-6-5-9-17-16(15)20-13(2)3/h1,5-6,9,13-14,18H,7-8,10-12H2,2-3H3. The summed E-state index contributed by atoms with van der Waals surface area (Å²) >= 11 is 0. The molecule has 2 rings (SSSR count). The average Bonchev–Trinajstić information content (AvgIpc) is 2.43. The highest BCUT2D eigenvalue weighted by Gasteiger charge is 2.19. The van der Waals surface area contributed by atoms with E-state index in [1.807, 2.05) is 26.0 Å². The van der Waals surface area contributed by atoms with Gasteiger partial charge in [0.25, 0.3) is 0 Å². The molecule has 1 aromatic rings. The summed E-state index contributed by atoms with van der Waals surface area (Å²) in [6.07, 6.45) is 9.43. The van der Waals surface area contributed by atoms with Gasteiger partial charge in [-0.3, -0.25) is 4.90 Å². The van der Waals surface area contributed by atoms with E-state index in [2.05, 4.69) is 21.1 Å². The van der Waals surface area contributed by atoms with Crippen LogP contribution in [-0.4, -0.2) is 41.7 Å². The number of aromatic nitrogens is 1. The Labute approximate surface area is 121 Å². The summed E-state index contributed by atoms with van der Waals surface area (Å²) in [5.74, 6) is 3.40. The van der Waals surface area contributed by atoms with E-state index in [9.17, 15) is 0 Å². The highest BCUT2D eigenvalue weighted by molar-refractivity contribution is 5.52. The fourth-order valence-corrected chi connectivity index (χ4v) is 2.40. The Bertz CT molecular complexity index is 459. The summed E-state index contributed by atoms with van der Waals surface area (Å²) < 4.78 is 5.74. The van der Waals surface area contributed by atoms with Crippen LogP contribution in [-0.2, 0) is 0 Å². The number of anilines is 1. The quantitative estimate of drug-likeness (QED) is 0.836. The highest BCUT2D eigenvalue weighted by atomic mass is 16.5. The first-order valence-electron chi connectivity index (χ1n) is 7.23. The Balaban J connectivity index is 1.93. The summed E-state index contributed by atoms with van der Waals surface area (Å²) in [5, 5.41) is 3.55. The van der Waals surface area contributed by atoms with E-state index in [1.165, 1.54) is 0 Å². The van der Waals surface area contributed by atoms with Crippen LogP contribution in [0.15, 0.2) is 18.3 Å². The Kier molecular flexibility index (Phi) is 5.25. The van der Waals surface area contributed by atoms with Crippen LogP contribution >= 0.6 is 0 Å². The third-order valence-corrected chi connectivity index (χ3v) is 3.38. The zero-order chi connectivity index (χ0) is 14.4. The molecule has 0 bridgehead atoms. The third kappa shape index (κ3) is 4.14. The first kappa shape index (κ1) is 14.7. The molecule has 2 heterocycles. The number of nitrogens with zero attached hydrogens (tertiary/aromatic N) is 2. The van der Waals surface area contributed by atoms with Crippen LogP contribution in [0.25, 0.3) is 0 Å². The van der Waals surface area contributed by atoms with Gasteiger partial charge >= 0.3 is 0 Å². The van der Waals surface area contributed by atoms with Gasteiger partial charge in [-0.05, 0) is 38.8 Å². The van der Waals surface area contributed by atoms with Crippen molar-refractivity contribution in [2.45, 2.75) is 38.8 Å². The number of pyridine rings is 1. The van der Waals surface area contributed by atoms with Crippen molar-refractivity contribution >= 4 is 5.69 Å². The smallest absolute Gasteiger partial charge is 0.237 e. The molecule has 1 aliphatic heterocycles. The number of likely N-dealkylation sites (tertiary alicyclic amines) is 1. The molecule has 1 fully saturated rings. The van der Waals surface area contributed by atoms with Crippen LogP contribution in [0.5, 0.6) is 5.88 Å². The lowest BCUT2D eigenvalue weighted by atomic mass is 10.0. The lowest BCUT2D eigenvalue weighted by Crippen LogP contribution is -2.39. The molecular formula is C16H23N3O. The number of piperidine rings is 1. The van der Waals surface area contributed by atoms with Crippen molar-refractivity contribution in [3.05, 3.63) is 18.3 Å². The minimum absolute atomic E-state index is 0.128. The molecule has 20 heavy (non-hydrogen) atoms. The van der Waals surface area contributed by atoms with Crippen LogP contribution < -0.4 is 10.1 Å². The Morgan fingerprint density at radius 3 is 2.90 bits per heavy atom. The second-order valence-electron chi connectivity index (χ2n) is 5.42. The van der Waals surface area contributed by atoms with Crippen LogP contribution in [0.3, 0.4) is 0 Å². The molecule has 1 saturated heterocycles. The zero-order valence-electron chi connectivity index (χ0n) is 12.3. The summed E-state index contributed by atoms with van der Waals surface area (Å²) in [6.45, 7) is 6.86. The van der Waals surface area contributed by atoms with E-state index in [0.29, 0.717) is 11.9 Å². The topological polar surface area (TPSA) is 37.4 Å². The van der Waals surface area contributed by atoms with Crippen LogP contribution in [0.2, 0.25) is 0 Å². The Morgan fingerprint density at radius 2 is 2.25 bits per heavy atom. The van der Waals surface area contributed by atoms with E-state index >= 15 is 0 Å². The Hall–Kier alpha value is -1.73. The normalized spacial score (nSPS) is 16.9. The van der Waals surface area contributed by atoms with Crippen molar-refractivity contribution in [2.24, 2.45) is 0 Å². The second-order valence-corrected chi connectivity index (χ2v) is 5.42. The lowest BCUT2D eigenvalue weighted by molar-refractivity contribution is 0.231. The van der Waals surface area contributed by atoms with Crippen molar-refractivity contribution in [1.82, 2.24) is 9.88 Å². The van der Waals surface area contributed by atoms with Crippen molar-refractivity contribution in [2.75, 3.05) is 25.0 Å². The SMILES string of the molecule is C#CCN1CCC(Nc2cccnc2OC(C)C)CC1. The molecule has 0 aliphatic carbocycles. The molecule has 4 heteroatoms. The van der Waals surface area contributed by atoms with Gasteiger partial charge in [0.05, 0.1) is 18.3 Å². The predicted octanol–water partition coefficient (Wildman–Crippen LogP) is 2.38. The van der Waals surface area contributed by atoms with Crippen molar-refractivity contribution in [3.63, 3.8) is 0 Å². The predicted molar refractivity (Wildman–Crippen MR) is 81.9 cm³/mol. The van der Waals surface area contributed by atoms with Gasteiger partial charge in [-0.1, -0.05) is 5.92 Å². The van der Waals surface area contributed by atoms with E-state index in [1.54, 1.807) is 6.20 Å².